The zero-order chi connectivity index (χ0) is 23.4. The molecule has 3 N–H and O–H groups in total. The molecule has 6 rings (SSSR count). The van der Waals surface area contributed by atoms with E-state index in [9.17, 15) is 14.3 Å². The van der Waals surface area contributed by atoms with E-state index in [4.69, 9.17) is 9.72 Å². The van der Waals surface area contributed by atoms with Crippen LogP contribution in [0.15, 0.2) is 36.8 Å². The van der Waals surface area contributed by atoms with Gasteiger partial charge < -0.3 is 25.0 Å². The molecule has 0 spiro atoms. The van der Waals surface area contributed by atoms with E-state index < -0.39 is 24.2 Å². The summed E-state index contributed by atoms with van der Waals surface area (Å²) in [5.74, 6) is 0.960. The lowest BCUT2D eigenvalue weighted by Crippen LogP contribution is -2.48. The molecule has 4 aliphatic rings. The molecule has 5 heterocycles. The van der Waals surface area contributed by atoms with Crippen LogP contribution in [-0.4, -0.2) is 73.7 Å². The lowest BCUT2D eigenvalue weighted by Gasteiger charge is -2.30. The largest absolute Gasteiger partial charge is 0.388 e. The van der Waals surface area contributed by atoms with Crippen LogP contribution in [0.2, 0.25) is 0 Å². The SMILES string of the molecule is CNc1cc(-c2cnc3n(C4COC[C@@H]4O)cccc2-3)nc2c(C(=O)NC3CC[C@@H]3F)cnn12. The van der Waals surface area contributed by atoms with Gasteiger partial charge in [-0.1, -0.05) is 0 Å². The Bertz CT molecular complexity index is 1350. The monoisotopic (exact) mass is 465 g/mol. The lowest BCUT2D eigenvalue weighted by molar-refractivity contribution is 0.0826. The maximum atomic E-state index is 13.7. The van der Waals surface area contributed by atoms with Crippen molar-refractivity contribution >= 4 is 17.4 Å². The molecule has 10 nitrogen and oxygen atoms in total. The minimum absolute atomic E-state index is 0.217. The number of nitrogens with zero attached hydrogens (tertiary/aromatic N) is 5. The first-order valence-electron chi connectivity index (χ1n) is 11.3. The lowest BCUT2D eigenvalue weighted by atomic mass is 9.90. The van der Waals surface area contributed by atoms with Crippen molar-refractivity contribution in [2.24, 2.45) is 0 Å². The predicted molar refractivity (Wildman–Crippen MR) is 122 cm³/mol. The number of carbonyl (C=O) groups is 1. The Balaban J connectivity index is 1.41. The van der Waals surface area contributed by atoms with E-state index in [0.29, 0.717) is 49.0 Å². The smallest absolute Gasteiger partial charge is 0.257 e. The number of halogens is 1. The van der Waals surface area contributed by atoms with Crippen LogP contribution in [0.4, 0.5) is 10.2 Å². The number of pyridine rings is 1. The first-order chi connectivity index (χ1) is 16.5. The molecule has 0 radical (unpaired) electrons. The van der Waals surface area contributed by atoms with Gasteiger partial charge in [0.1, 0.15) is 29.5 Å². The quantitative estimate of drug-likeness (QED) is 0.412. The fourth-order valence-electron chi connectivity index (χ4n) is 4.63. The molecule has 3 aliphatic heterocycles. The van der Waals surface area contributed by atoms with Gasteiger partial charge in [0.15, 0.2) is 5.65 Å². The van der Waals surface area contributed by atoms with Crippen molar-refractivity contribution in [1.29, 1.82) is 0 Å². The molecule has 1 saturated carbocycles. The maximum absolute atomic E-state index is 13.7. The second-order valence-electron chi connectivity index (χ2n) is 8.74. The van der Waals surface area contributed by atoms with Gasteiger partial charge in [0, 0.05) is 36.6 Å². The standard InChI is InChI=1S/C23H24FN7O3/c1-25-20-7-17(28-22-14(9-27-31(20)22)23(33)29-16-5-4-15(16)24)13-8-26-21-12(13)3-2-6-30(21)18-10-34-11-19(18)32/h2-3,6-9,15-16,18-19,25,32H,4-5,10-11H2,1H3,(H,29,33)/t15-,16?,18?,19-/m0/s1. The van der Waals surface area contributed by atoms with Crippen LogP contribution in [0.1, 0.15) is 29.2 Å². The van der Waals surface area contributed by atoms with Gasteiger partial charge in [-0.3, -0.25) is 4.79 Å². The van der Waals surface area contributed by atoms with Crippen LogP contribution in [-0.2, 0) is 4.74 Å². The summed E-state index contributed by atoms with van der Waals surface area (Å²) in [6.07, 6.45) is 4.54. The predicted octanol–water partition coefficient (Wildman–Crippen LogP) is 1.90. The zero-order valence-electron chi connectivity index (χ0n) is 18.5. The molecule has 4 atom stereocenters. The number of hydrogen-bond acceptors (Lipinski definition) is 7. The summed E-state index contributed by atoms with van der Waals surface area (Å²) in [5, 5.41) is 20.5. The molecule has 1 saturated heterocycles. The summed E-state index contributed by atoms with van der Waals surface area (Å²) in [5.41, 5.74) is 2.91. The van der Waals surface area contributed by atoms with E-state index in [1.54, 1.807) is 17.8 Å². The number of alkyl halides is 1. The van der Waals surface area contributed by atoms with Gasteiger partial charge >= 0.3 is 0 Å². The molecule has 11 heteroatoms. The molecule has 34 heavy (non-hydrogen) atoms. The maximum Gasteiger partial charge on any atom is 0.257 e. The van der Waals surface area contributed by atoms with Crippen molar-refractivity contribution in [3.8, 4) is 22.6 Å². The Morgan fingerprint density at radius 1 is 1.26 bits per heavy atom. The number of ether oxygens (including phenoxy) is 1. The first kappa shape index (κ1) is 21.0. The van der Waals surface area contributed by atoms with Crippen LogP contribution in [0.25, 0.3) is 28.3 Å². The van der Waals surface area contributed by atoms with Gasteiger partial charge in [-0.25, -0.2) is 14.4 Å². The molecule has 2 aromatic rings. The van der Waals surface area contributed by atoms with Gasteiger partial charge in [-0.05, 0) is 25.0 Å². The summed E-state index contributed by atoms with van der Waals surface area (Å²) in [6, 6.07) is 5.00. The number of aromatic nitrogens is 5. The fraction of sp³-hybridized carbons (Fsp3) is 0.391. The third kappa shape index (κ3) is 3.23. The second kappa shape index (κ2) is 8.03. The molecule has 1 amide bonds. The van der Waals surface area contributed by atoms with E-state index in [1.807, 2.05) is 29.0 Å². The molecule has 0 aromatic carbocycles. The van der Waals surface area contributed by atoms with Crippen LogP contribution in [0.5, 0.6) is 0 Å². The van der Waals surface area contributed by atoms with Crippen molar-refractivity contribution in [3.63, 3.8) is 0 Å². The van der Waals surface area contributed by atoms with E-state index >= 15 is 0 Å². The van der Waals surface area contributed by atoms with E-state index in [-0.39, 0.29) is 11.6 Å². The molecular formula is C23H24FN7O3. The highest BCUT2D eigenvalue weighted by Gasteiger charge is 2.33. The van der Waals surface area contributed by atoms with Crippen LogP contribution >= 0.6 is 0 Å². The highest BCUT2D eigenvalue weighted by Crippen LogP contribution is 2.36. The minimum atomic E-state index is -1.01. The summed E-state index contributed by atoms with van der Waals surface area (Å²) < 4.78 is 22.6. The Labute approximate surface area is 194 Å². The topological polar surface area (TPSA) is 119 Å². The van der Waals surface area contributed by atoms with Crippen LogP contribution < -0.4 is 10.6 Å². The molecule has 176 valence electrons. The summed E-state index contributed by atoms with van der Waals surface area (Å²) in [4.78, 5) is 22.2. The number of amides is 1. The number of nitrogens with one attached hydrogen (secondary N) is 2. The average molecular weight is 465 g/mol. The number of anilines is 1. The summed E-state index contributed by atoms with van der Waals surface area (Å²) >= 11 is 0. The van der Waals surface area contributed by atoms with E-state index in [1.165, 1.54) is 6.20 Å². The Kier molecular flexibility index (Phi) is 4.96. The van der Waals surface area contributed by atoms with Crippen molar-refractivity contribution in [3.05, 3.63) is 42.4 Å². The van der Waals surface area contributed by atoms with Gasteiger partial charge in [-0.15, -0.1) is 0 Å². The summed E-state index contributed by atoms with van der Waals surface area (Å²) in [7, 11) is 1.76. The third-order valence-corrected chi connectivity index (χ3v) is 6.73. The van der Waals surface area contributed by atoms with Crippen molar-refractivity contribution in [2.75, 3.05) is 25.6 Å². The molecular weight excluding hydrogens is 441 g/mol. The van der Waals surface area contributed by atoms with Crippen molar-refractivity contribution in [2.45, 2.75) is 37.2 Å². The minimum Gasteiger partial charge on any atom is -0.388 e. The zero-order valence-corrected chi connectivity index (χ0v) is 18.5. The highest BCUT2D eigenvalue weighted by atomic mass is 19.1. The highest BCUT2D eigenvalue weighted by molar-refractivity contribution is 6.00. The summed E-state index contributed by atoms with van der Waals surface area (Å²) in [6.45, 7) is 0.706. The number of fused-ring (bicyclic) bond motifs is 2. The molecule has 2 aromatic heterocycles. The van der Waals surface area contributed by atoms with Gasteiger partial charge in [-0.2, -0.15) is 9.61 Å². The Hall–Kier alpha value is -3.57. The van der Waals surface area contributed by atoms with Gasteiger partial charge in [0.25, 0.3) is 5.91 Å². The number of aliphatic hydroxyl groups excluding tert-OH is 1. The molecule has 0 bridgehead atoms. The fourth-order valence-corrected chi connectivity index (χ4v) is 4.63. The average Bonchev–Trinajstić information content (AvgIpc) is 3.58. The second-order valence-corrected chi connectivity index (χ2v) is 8.74. The molecule has 2 fully saturated rings. The first-order valence-corrected chi connectivity index (χ1v) is 11.3. The number of rotatable bonds is 5. The van der Waals surface area contributed by atoms with Crippen LogP contribution in [0, 0.1) is 0 Å². The van der Waals surface area contributed by atoms with Crippen molar-refractivity contribution in [1.82, 2.24) is 29.5 Å². The molecule has 2 unspecified atom stereocenters. The molecule has 1 aliphatic carbocycles. The Morgan fingerprint density at radius 3 is 2.85 bits per heavy atom. The van der Waals surface area contributed by atoms with Gasteiger partial charge in [0.05, 0.1) is 37.2 Å². The van der Waals surface area contributed by atoms with E-state index in [0.717, 1.165) is 11.1 Å². The van der Waals surface area contributed by atoms with Crippen LogP contribution in [0.3, 0.4) is 0 Å². The van der Waals surface area contributed by atoms with E-state index in [2.05, 4.69) is 20.7 Å². The van der Waals surface area contributed by atoms with Gasteiger partial charge in [0.2, 0.25) is 0 Å². The normalized spacial score (nSPS) is 24.4. The van der Waals surface area contributed by atoms with Crippen molar-refractivity contribution < 1.29 is 19.0 Å². The third-order valence-electron chi connectivity index (χ3n) is 6.73. The number of carbonyl (C=O) groups excluding carboxylic acids is 1. The Morgan fingerprint density at radius 2 is 2.15 bits per heavy atom. The number of hydrogen-bond donors (Lipinski definition) is 3. The number of aliphatic hydroxyl groups is 1.